The van der Waals surface area contributed by atoms with Crippen molar-refractivity contribution in [3.05, 3.63) is 56.9 Å². The van der Waals surface area contributed by atoms with Crippen LogP contribution < -0.4 is 16.0 Å². The van der Waals surface area contributed by atoms with E-state index < -0.39 is 11.7 Å². The topological polar surface area (TPSA) is 109 Å². The van der Waals surface area contributed by atoms with E-state index in [2.05, 4.69) is 25.2 Å². The fraction of sp³-hybridized carbons (Fsp3) is 0.364. The number of alkyl halides is 3. The maximum Gasteiger partial charge on any atom is 0.416 e. The first-order valence-electron chi connectivity index (χ1n) is 11.0. The predicted octanol–water partition coefficient (Wildman–Crippen LogP) is 3.79. The number of fused-ring (bicyclic) bond motifs is 1. The molecule has 0 aliphatic carbocycles. The van der Waals surface area contributed by atoms with Crippen molar-refractivity contribution in [1.82, 2.24) is 19.9 Å². The van der Waals surface area contributed by atoms with Gasteiger partial charge in [-0.2, -0.15) is 13.2 Å². The fourth-order valence-corrected chi connectivity index (χ4v) is 5.15. The number of benzene rings is 1. The van der Waals surface area contributed by atoms with Crippen molar-refractivity contribution in [2.45, 2.75) is 25.8 Å². The molecule has 0 bridgehead atoms. The highest BCUT2D eigenvalue weighted by Crippen LogP contribution is 2.33. The summed E-state index contributed by atoms with van der Waals surface area (Å²) in [5, 5.41) is 5.49. The van der Waals surface area contributed by atoms with Crippen molar-refractivity contribution in [2.75, 3.05) is 42.3 Å². The Morgan fingerprint density at radius 3 is 2.69 bits per heavy atom. The van der Waals surface area contributed by atoms with Crippen LogP contribution in [0.15, 0.2) is 23.6 Å². The smallest absolute Gasteiger partial charge is 0.399 e. The molecule has 3 N–H and O–H groups in total. The lowest BCUT2D eigenvalue weighted by atomic mass is 10.1. The van der Waals surface area contributed by atoms with Crippen molar-refractivity contribution < 1.29 is 22.7 Å². The average Bonchev–Trinajstić information content (AvgIpc) is 3.49. The maximum atomic E-state index is 13.2. The van der Waals surface area contributed by atoms with Crippen LogP contribution in [0.4, 0.5) is 29.8 Å². The minimum atomic E-state index is -4.51. The van der Waals surface area contributed by atoms with Crippen LogP contribution in [0.1, 0.15) is 32.9 Å². The second-order valence-electron chi connectivity index (χ2n) is 8.36. The standard InChI is InChI=1S/C22H21ClF3N7O2S/c23-20-29-16-10-33(19(34)17-11-36-21(30-17)32-1-3-35-4-2-32)9-15(16)18(31-20)28-8-12-5-13(22(24,25)26)7-14(27)6-12/h5-7,11H,1-4,8-10,27H2,(H,28,29,31). The van der Waals surface area contributed by atoms with Crippen LogP contribution in [0.3, 0.4) is 0 Å². The molecule has 0 saturated carbocycles. The molecule has 1 aromatic carbocycles. The second-order valence-corrected chi connectivity index (χ2v) is 9.53. The normalized spacial score (nSPS) is 15.8. The molecular formula is C22H21ClF3N7O2S. The van der Waals surface area contributed by atoms with E-state index in [1.165, 1.54) is 17.4 Å². The number of carbonyl (C=O) groups is 1. The van der Waals surface area contributed by atoms with Crippen LogP contribution in [0, 0.1) is 0 Å². The summed E-state index contributed by atoms with van der Waals surface area (Å²) in [7, 11) is 0. The highest BCUT2D eigenvalue weighted by atomic mass is 35.5. The Morgan fingerprint density at radius 2 is 1.94 bits per heavy atom. The Bertz CT molecular complexity index is 1300. The van der Waals surface area contributed by atoms with Crippen molar-refractivity contribution in [2.24, 2.45) is 0 Å². The third-order valence-electron chi connectivity index (χ3n) is 5.84. The lowest BCUT2D eigenvalue weighted by Gasteiger charge is -2.26. The summed E-state index contributed by atoms with van der Waals surface area (Å²) in [4.78, 5) is 29.8. The Kier molecular flexibility index (Phi) is 6.62. The lowest BCUT2D eigenvalue weighted by molar-refractivity contribution is -0.137. The third-order valence-corrected chi connectivity index (χ3v) is 6.91. The van der Waals surface area contributed by atoms with Crippen LogP contribution in [-0.2, 0) is 30.5 Å². The molecule has 5 rings (SSSR count). The first kappa shape index (κ1) is 24.5. The number of nitrogens with one attached hydrogen (secondary N) is 1. The Labute approximate surface area is 213 Å². The minimum absolute atomic E-state index is 0.00376. The number of thiazole rings is 1. The number of halogens is 4. The fourth-order valence-electron chi connectivity index (χ4n) is 4.11. The number of nitrogens with zero attached hydrogens (tertiary/aromatic N) is 5. The summed E-state index contributed by atoms with van der Waals surface area (Å²) in [6, 6.07) is 3.36. The van der Waals surface area contributed by atoms with Crippen LogP contribution in [0.5, 0.6) is 0 Å². The molecular weight excluding hydrogens is 519 g/mol. The minimum Gasteiger partial charge on any atom is -0.399 e. The van der Waals surface area contributed by atoms with Gasteiger partial charge in [-0.25, -0.2) is 15.0 Å². The summed E-state index contributed by atoms with van der Waals surface area (Å²) in [5.74, 6) is 0.0973. The van der Waals surface area contributed by atoms with E-state index in [1.807, 2.05) is 0 Å². The Balaban J connectivity index is 1.31. The molecule has 2 aromatic heterocycles. The summed E-state index contributed by atoms with van der Waals surface area (Å²) >= 11 is 7.50. The van der Waals surface area contributed by atoms with Gasteiger partial charge in [-0.3, -0.25) is 4.79 Å². The number of nitrogen functional groups attached to an aromatic ring is 1. The molecule has 3 aromatic rings. The van der Waals surface area contributed by atoms with Gasteiger partial charge in [-0.1, -0.05) is 0 Å². The van der Waals surface area contributed by atoms with Crippen molar-refractivity contribution in [3.8, 4) is 0 Å². The number of aromatic nitrogens is 3. The van der Waals surface area contributed by atoms with Crippen molar-refractivity contribution >= 4 is 45.5 Å². The summed E-state index contributed by atoms with van der Waals surface area (Å²) in [6.07, 6.45) is -4.51. The van der Waals surface area contributed by atoms with Crippen molar-refractivity contribution in [3.63, 3.8) is 0 Å². The molecule has 190 valence electrons. The Hall–Kier alpha value is -3.16. The zero-order valence-corrected chi connectivity index (χ0v) is 20.4. The SMILES string of the molecule is Nc1cc(CNc2nc(Cl)nc3c2CN(C(=O)c2csc(N4CCOCC4)n2)C3)cc(C(F)(F)F)c1. The van der Waals surface area contributed by atoms with E-state index in [9.17, 15) is 18.0 Å². The van der Waals surface area contributed by atoms with Gasteiger partial charge in [0.25, 0.3) is 5.91 Å². The molecule has 9 nitrogen and oxygen atoms in total. The number of ether oxygens (including phenoxy) is 1. The number of hydrogen-bond donors (Lipinski definition) is 2. The molecule has 14 heteroatoms. The van der Waals surface area contributed by atoms with Gasteiger partial charge in [-0.05, 0) is 35.4 Å². The van der Waals surface area contributed by atoms with Crippen LogP contribution >= 0.6 is 22.9 Å². The van der Waals surface area contributed by atoms with E-state index in [-0.39, 0.29) is 36.5 Å². The number of nitrogens with two attached hydrogens (primary N) is 1. The van der Waals surface area contributed by atoms with Crippen LogP contribution in [-0.4, -0.2) is 52.1 Å². The highest BCUT2D eigenvalue weighted by Gasteiger charge is 2.32. The average molecular weight is 540 g/mol. The number of morpholine rings is 1. The van der Waals surface area contributed by atoms with Gasteiger partial charge in [-0.15, -0.1) is 11.3 Å². The van der Waals surface area contributed by atoms with Gasteiger partial charge in [0.2, 0.25) is 5.28 Å². The number of rotatable bonds is 5. The van der Waals surface area contributed by atoms with Gasteiger partial charge in [0.1, 0.15) is 11.5 Å². The van der Waals surface area contributed by atoms with Gasteiger partial charge >= 0.3 is 6.18 Å². The first-order chi connectivity index (χ1) is 17.2. The molecule has 0 unspecified atom stereocenters. The quantitative estimate of drug-likeness (QED) is 0.372. The summed E-state index contributed by atoms with van der Waals surface area (Å²) < 4.78 is 44.8. The van der Waals surface area contributed by atoms with Gasteiger partial charge in [0, 0.05) is 36.3 Å². The number of carbonyl (C=O) groups excluding carboxylic acids is 1. The first-order valence-corrected chi connectivity index (χ1v) is 12.3. The third kappa shape index (κ3) is 5.18. The maximum absolute atomic E-state index is 13.2. The molecule has 2 aliphatic rings. The van der Waals surface area contributed by atoms with Crippen LogP contribution in [0.25, 0.3) is 0 Å². The summed E-state index contributed by atoms with van der Waals surface area (Å²) in [6.45, 7) is 3.12. The van der Waals surface area contributed by atoms with E-state index >= 15 is 0 Å². The van der Waals surface area contributed by atoms with Gasteiger partial charge in [0.15, 0.2) is 5.13 Å². The lowest BCUT2D eigenvalue weighted by Crippen LogP contribution is -2.36. The molecule has 36 heavy (non-hydrogen) atoms. The molecule has 4 heterocycles. The molecule has 1 fully saturated rings. The van der Waals surface area contributed by atoms with Gasteiger partial charge in [0.05, 0.1) is 37.6 Å². The number of amides is 1. The van der Waals surface area contributed by atoms with E-state index in [0.717, 1.165) is 30.4 Å². The van der Waals surface area contributed by atoms with E-state index in [0.29, 0.717) is 41.5 Å². The highest BCUT2D eigenvalue weighted by molar-refractivity contribution is 7.13. The molecule has 2 aliphatic heterocycles. The largest absolute Gasteiger partial charge is 0.416 e. The zero-order chi connectivity index (χ0) is 25.4. The summed E-state index contributed by atoms with van der Waals surface area (Å²) in [5.41, 5.74) is 6.72. The molecule has 1 amide bonds. The van der Waals surface area contributed by atoms with E-state index in [1.54, 1.807) is 10.3 Å². The predicted molar refractivity (Wildman–Crippen MR) is 129 cm³/mol. The second kappa shape index (κ2) is 9.71. The molecule has 0 radical (unpaired) electrons. The monoisotopic (exact) mass is 539 g/mol. The van der Waals surface area contributed by atoms with Crippen LogP contribution in [0.2, 0.25) is 5.28 Å². The molecule has 0 spiro atoms. The van der Waals surface area contributed by atoms with Gasteiger partial charge < -0.3 is 25.6 Å². The number of anilines is 3. The Morgan fingerprint density at radius 1 is 1.17 bits per heavy atom. The van der Waals surface area contributed by atoms with E-state index in [4.69, 9.17) is 22.1 Å². The number of hydrogen-bond acceptors (Lipinski definition) is 9. The zero-order valence-electron chi connectivity index (χ0n) is 18.8. The molecule has 0 atom stereocenters. The molecule has 1 saturated heterocycles. The van der Waals surface area contributed by atoms with Crippen molar-refractivity contribution in [1.29, 1.82) is 0 Å².